The molecule has 1 aromatic heterocycles. The highest BCUT2D eigenvalue weighted by atomic mass is 79.9. The number of hydrogen-bond acceptors (Lipinski definition) is 6. The monoisotopic (exact) mass is 478 g/mol. The number of benzene rings is 1. The number of amides is 2. The fourth-order valence-corrected chi connectivity index (χ4v) is 3.94. The van der Waals surface area contributed by atoms with Crippen LogP contribution < -0.4 is 5.32 Å². The normalized spacial score (nSPS) is 23.2. The van der Waals surface area contributed by atoms with Crippen molar-refractivity contribution in [2.75, 3.05) is 13.1 Å². The van der Waals surface area contributed by atoms with Crippen molar-refractivity contribution < 1.29 is 23.6 Å². The van der Waals surface area contributed by atoms with E-state index in [-0.39, 0.29) is 32.2 Å². The molecule has 1 fully saturated rings. The number of halogens is 2. The molecule has 1 N–H and O–H groups in total. The summed E-state index contributed by atoms with van der Waals surface area (Å²) in [4.78, 5) is 35.7. The van der Waals surface area contributed by atoms with E-state index in [0.29, 0.717) is 16.6 Å². The number of likely N-dealkylation sites (tertiary alicyclic amines) is 1. The van der Waals surface area contributed by atoms with Crippen LogP contribution in [0.3, 0.4) is 0 Å². The second-order valence-corrected chi connectivity index (χ2v) is 8.15. The molecule has 2 aliphatic heterocycles. The van der Waals surface area contributed by atoms with Crippen molar-refractivity contribution in [1.82, 2.24) is 15.2 Å². The molecule has 0 radical (unpaired) electrons. The van der Waals surface area contributed by atoms with E-state index in [1.54, 1.807) is 6.20 Å². The van der Waals surface area contributed by atoms with Gasteiger partial charge in [-0.05, 0) is 28.1 Å². The third-order valence-electron chi connectivity index (χ3n) is 5.00. The molecule has 1 aromatic carbocycles. The Morgan fingerprint density at radius 2 is 2.20 bits per heavy atom. The summed E-state index contributed by atoms with van der Waals surface area (Å²) in [5, 5.41) is 7.38. The van der Waals surface area contributed by atoms with Gasteiger partial charge in [0.1, 0.15) is 23.4 Å². The molecule has 8 nitrogen and oxygen atoms in total. The van der Waals surface area contributed by atoms with Crippen LogP contribution in [-0.2, 0) is 21.0 Å². The number of pyridine rings is 1. The molecular formula is C20H20BrFN4O4. The predicted octanol–water partition coefficient (Wildman–Crippen LogP) is 2.90. The average Bonchev–Trinajstić information content (AvgIpc) is 3.35. The third-order valence-corrected chi connectivity index (χ3v) is 5.47. The van der Waals surface area contributed by atoms with Gasteiger partial charge in [-0.15, -0.1) is 0 Å². The maximum absolute atomic E-state index is 14.0. The Morgan fingerprint density at radius 3 is 3.00 bits per heavy atom. The zero-order valence-electron chi connectivity index (χ0n) is 16.0. The van der Waals surface area contributed by atoms with Crippen LogP contribution in [0.1, 0.15) is 18.4 Å². The van der Waals surface area contributed by atoms with Gasteiger partial charge in [-0.3, -0.25) is 14.7 Å². The SMILES string of the molecule is O=C(NC[C@@H]1CC(Br)=NO1)[C@@H]1C[C@@H](F)CN1C(=O)OCc1cnc2ccccc2c1. The molecule has 30 heavy (non-hydrogen) atoms. The standard InChI is InChI=1S/C20H20BrFN4O4/c21-18-7-15(30-25-18)9-24-19(27)17-6-14(22)10-26(17)20(28)29-11-12-5-13-3-1-2-4-16(13)23-8-12/h1-5,8,14-15,17H,6-7,9-11H2,(H,24,27)/t14-,15+,17+/m1/s1. The van der Waals surface area contributed by atoms with E-state index in [2.05, 4.69) is 31.4 Å². The molecule has 2 amide bonds. The molecule has 4 rings (SSSR count). The van der Waals surface area contributed by atoms with Gasteiger partial charge < -0.3 is 14.9 Å². The summed E-state index contributed by atoms with van der Waals surface area (Å²) in [5.41, 5.74) is 1.55. The number of nitrogens with one attached hydrogen (secondary N) is 1. The van der Waals surface area contributed by atoms with Gasteiger partial charge in [0.25, 0.3) is 0 Å². The summed E-state index contributed by atoms with van der Waals surface area (Å²) in [6, 6.07) is 8.56. The Balaban J connectivity index is 1.33. The first kappa shape index (κ1) is 20.5. The number of nitrogens with zero attached hydrogens (tertiary/aromatic N) is 3. The molecule has 1 saturated heterocycles. The summed E-state index contributed by atoms with van der Waals surface area (Å²) < 4.78 is 20.0. The van der Waals surface area contributed by atoms with Crippen LogP contribution in [0, 0.1) is 0 Å². The van der Waals surface area contributed by atoms with E-state index < -0.39 is 24.2 Å². The summed E-state index contributed by atoms with van der Waals surface area (Å²) in [6.45, 7) is 0.0255. The Morgan fingerprint density at radius 1 is 1.37 bits per heavy atom. The highest BCUT2D eigenvalue weighted by molar-refractivity contribution is 9.18. The van der Waals surface area contributed by atoms with E-state index in [1.807, 2.05) is 30.3 Å². The maximum Gasteiger partial charge on any atom is 0.410 e. The van der Waals surface area contributed by atoms with Crippen molar-refractivity contribution >= 4 is 43.5 Å². The van der Waals surface area contributed by atoms with Crippen LogP contribution in [0.25, 0.3) is 10.9 Å². The van der Waals surface area contributed by atoms with Gasteiger partial charge in [0.05, 0.1) is 18.6 Å². The molecule has 158 valence electrons. The van der Waals surface area contributed by atoms with Crippen LogP contribution >= 0.6 is 15.9 Å². The molecule has 10 heteroatoms. The van der Waals surface area contributed by atoms with Gasteiger partial charge in [-0.1, -0.05) is 23.4 Å². The molecule has 0 unspecified atom stereocenters. The van der Waals surface area contributed by atoms with Crippen molar-refractivity contribution in [2.24, 2.45) is 5.16 Å². The Bertz CT molecular complexity index is 988. The lowest BCUT2D eigenvalue weighted by molar-refractivity contribution is -0.125. The average molecular weight is 479 g/mol. The predicted molar refractivity (Wildman–Crippen MR) is 111 cm³/mol. The molecule has 3 heterocycles. The number of oxime groups is 1. The first-order valence-corrected chi connectivity index (χ1v) is 10.4. The van der Waals surface area contributed by atoms with Crippen LogP contribution in [0.15, 0.2) is 41.7 Å². The van der Waals surface area contributed by atoms with Crippen molar-refractivity contribution in [2.45, 2.75) is 37.8 Å². The molecule has 0 saturated carbocycles. The highest BCUT2D eigenvalue weighted by Gasteiger charge is 2.41. The summed E-state index contributed by atoms with van der Waals surface area (Å²) >= 11 is 3.23. The van der Waals surface area contributed by atoms with Gasteiger partial charge in [-0.2, -0.15) is 0 Å². The van der Waals surface area contributed by atoms with E-state index in [9.17, 15) is 14.0 Å². The van der Waals surface area contributed by atoms with Crippen molar-refractivity contribution in [3.05, 3.63) is 42.1 Å². The lowest BCUT2D eigenvalue weighted by atomic mass is 10.2. The molecule has 2 aromatic rings. The fraction of sp³-hybridized carbons (Fsp3) is 0.400. The van der Waals surface area contributed by atoms with E-state index in [1.165, 1.54) is 0 Å². The smallest absolute Gasteiger partial charge is 0.410 e. The minimum atomic E-state index is -1.28. The quantitative estimate of drug-likeness (QED) is 0.712. The Hall–Kier alpha value is -2.75. The largest absolute Gasteiger partial charge is 0.444 e. The number of ether oxygens (including phenoxy) is 1. The number of para-hydroxylation sites is 1. The molecule has 2 aliphatic rings. The van der Waals surface area contributed by atoms with E-state index in [4.69, 9.17) is 9.57 Å². The van der Waals surface area contributed by atoms with Crippen molar-refractivity contribution in [3.8, 4) is 0 Å². The van der Waals surface area contributed by atoms with Crippen molar-refractivity contribution in [1.29, 1.82) is 0 Å². The molecule has 0 bridgehead atoms. The molecule has 0 spiro atoms. The molecule has 0 aliphatic carbocycles. The third kappa shape index (κ3) is 4.69. The van der Waals surface area contributed by atoms with Gasteiger partial charge in [-0.25, -0.2) is 9.18 Å². The van der Waals surface area contributed by atoms with Gasteiger partial charge >= 0.3 is 6.09 Å². The number of aromatic nitrogens is 1. The first-order chi connectivity index (χ1) is 14.5. The summed E-state index contributed by atoms with van der Waals surface area (Å²) in [7, 11) is 0. The van der Waals surface area contributed by atoms with Crippen LogP contribution in [0.2, 0.25) is 0 Å². The molecular weight excluding hydrogens is 459 g/mol. The summed E-state index contributed by atoms with van der Waals surface area (Å²) in [6.07, 6.45) is -0.190. The fourth-order valence-electron chi connectivity index (χ4n) is 3.49. The number of rotatable bonds is 5. The lowest BCUT2D eigenvalue weighted by Gasteiger charge is -2.23. The molecule has 3 atom stereocenters. The van der Waals surface area contributed by atoms with Crippen LogP contribution in [-0.4, -0.2) is 57.9 Å². The minimum Gasteiger partial charge on any atom is -0.444 e. The van der Waals surface area contributed by atoms with Crippen molar-refractivity contribution in [3.63, 3.8) is 0 Å². The zero-order valence-corrected chi connectivity index (χ0v) is 17.5. The van der Waals surface area contributed by atoms with Gasteiger partial charge in [0.15, 0.2) is 6.10 Å². The number of alkyl halides is 1. The first-order valence-electron chi connectivity index (χ1n) is 9.56. The topological polar surface area (TPSA) is 93.1 Å². The number of hydrogen-bond donors (Lipinski definition) is 1. The highest BCUT2D eigenvalue weighted by Crippen LogP contribution is 2.23. The summed E-state index contributed by atoms with van der Waals surface area (Å²) in [5.74, 6) is -0.439. The van der Waals surface area contributed by atoms with Crippen LogP contribution in [0.4, 0.5) is 9.18 Å². The maximum atomic E-state index is 14.0. The van der Waals surface area contributed by atoms with E-state index >= 15 is 0 Å². The minimum absolute atomic E-state index is 0.0141. The number of fused-ring (bicyclic) bond motifs is 1. The number of carbonyl (C=O) groups excluding carboxylic acids is 2. The lowest BCUT2D eigenvalue weighted by Crippen LogP contribution is -2.47. The number of carbonyl (C=O) groups is 2. The van der Waals surface area contributed by atoms with Crippen LogP contribution in [0.5, 0.6) is 0 Å². The Labute approximate surface area is 180 Å². The Kier molecular flexibility index (Phi) is 6.12. The van der Waals surface area contributed by atoms with Gasteiger partial charge in [0.2, 0.25) is 5.91 Å². The second-order valence-electron chi connectivity index (χ2n) is 7.24. The zero-order chi connectivity index (χ0) is 21.1. The van der Waals surface area contributed by atoms with E-state index in [0.717, 1.165) is 15.8 Å². The second kappa shape index (κ2) is 8.95. The van der Waals surface area contributed by atoms with Gasteiger partial charge in [0, 0.05) is 30.0 Å².